The van der Waals surface area contributed by atoms with Crippen LogP contribution in [0.3, 0.4) is 0 Å². The van der Waals surface area contributed by atoms with Crippen LogP contribution in [0, 0.1) is 0 Å². The third-order valence-corrected chi connectivity index (χ3v) is 1.92. The molecule has 0 aliphatic rings. The lowest BCUT2D eigenvalue weighted by atomic mass is 10.1. The Labute approximate surface area is 96.8 Å². The summed E-state index contributed by atoms with van der Waals surface area (Å²) in [7, 11) is 0. The molecule has 0 aliphatic heterocycles. The van der Waals surface area contributed by atoms with Crippen LogP contribution in [0.15, 0.2) is 30.3 Å². The van der Waals surface area contributed by atoms with Crippen LogP contribution in [0.1, 0.15) is 26.3 Å². The summed E-state index contributed by atoms with van der Waals surface area (Å²) >= 11 is 0. The van der Waals surface area contributed by atoms with Crippen LogP contribution in [0.4, 0.5) is 4.79 Å². The Bertz CT molecular complexity index is 328. The van der Waals surface area contributed by atoms with E-state index in [1.807, 2.05) is 51.1 Å². The van der Waals surface area contributed by atoms with Gasteiger partial charge in [-0.25, -0.2) is 4.79 Å². The van der Waals surface area contributed by atoms with Gasteiger partial charge in [0, 0.05) is 6.54 Å². The third-order valence-electron chi connectivity index (χ3n) is 1.92. The predicted octanol–water partition coefficient (Wildman–Crippen LogP) is 2.75. The molecule has 88 valence electrons. The summed E-state index contributed by atoms with van der Waals surface area (Å²) in [5.41, 5.74) is 0.773. The lowest BCUT2D eigenvalue weighted by Crippen LogP contribution is -2.33. The molecule has 0 aromatic heterocycles. The van der Waals surface area contributed by atoms with Crippen molar-refractivity contribution in [1.29, 1.82) is 0 Å². The number of ether oxygens (including phenoxy) is 1. The summed E-state index contributed by atoms with van der Waals surface area (Å²) in [6.45, 7) is 6.15. The lowest BCUT2D eigenvalue weighted by Gasteiger charge is -2.19. The van der Waals surface area contributed by atoms with E-state index in [1.54, 1.807) is 0 Å². The fraction of sp³-hybridized carbons (Fsp3) is 0.462. The van der Waals surface area contributed by atoms with Crippen molar-refractivity contribution in [2.75, 3.05) is 6.54 Å². The molecule has 3 heteroatoms. The summed E-state index contributed by atoms with van der Waals surface area (Å²) in [5, 5.41) is 2.73. The molecule has 0 atom stereocenters. The second-order valence-electron chi connectivity index (χ2n) is 4.66. The van der Waals surface area contributed by atoms with Crippen LogP contribution >= 0.6 is 0 Å². The number of rotatable bonds is 3. The zero-order chi connectivity index (χ0) is 12.0. The van der Waals surface area contributed by atoms with E-state index >= 15 is 0 Å². The summed E-state index contributed by atoms with van der Waals surface area (Å²) in [4.78, 5) is 11.3. The van der Waals surface area contributed by atoms with E-state index < -0.39 is 5.60 Å². The summed E-state index contributed by atoms with van der Waals surface area (Å²) in [6, 6.07) is 10.0. The smallest absolute Gasteiger partial charge is 0.407 e. The number of hydrogen-bond donors (Lipinski definition) is 1. The van der Waals surface area contributed by atoms with Gasteiger partial charge in [-0.2, -0.15) is 0 Å². The van der Waals surface area contributed by atoms with Crippen LogP contribution in [-0.4, -0.2) is 18.2 Å². The normalized spacial score (nSPS) is 10.9. The van der Waals surface area contributed by atoms with E-state index in [0.29, 0.717) is 6.54 Å². The topological polar surface area (TPSA) is 38.3 Å². The first-order valence-corrected chi connectivity index (χ1v) is 5.48. The minimum absolute atomic E-state index is 0.358. The van der Waals surface area contributed by atoms with E-state index in [4.69, 9.17) is 4.74 Å². The van der Waals surface area contributed by atoms with E-state index in [9.17, 15) is 4.79 Å². The number of benzene rings is 1. The molecule has 0 aliphatic carbocycles. The van der Waals surface area contributed by atoms with Crippen LogP contribution in [0.25, 0.3) is 0 Å². The quantitative estimate of drug-likeness (QED) is 0.852. The van der Waals surface area contributed by atoms with Gasteiger partial charge in [0.1, 0.15) is 5.60 Å². The molecule has 1 aromatic rings. The Kier molecular flexibility index (Phi) is 4.35. The summed E-state index contributed by atoms with van der Waals surface area (Å²) < 4.78 is 5.13. The number of carbonyl (C=O) groups excluding carboxylic acids is 1. The highest BCUT2D eigenvalue weighted by molar-refractivity contribution is 5.67. The minimum atomic E-state index is -0.434. The van der Waals surface area contributed by atoms with Crippen molar-refractivity contribution in [3.05, 3.63) is 35.9 Å². The summed E-state index contributed by atoms with van der Waals surface area (Å²) in [6.07, 6.45) is 0.462. The maximum absolute atomic E-state index is 11.3. The molecule has 0 radical (unpaired) electrons. The summed E-state index contributed by atoms with van der Waals surface area (Å²) in [5.74, 6) is 0. The number of carbonyl (C=O) groups is 1. The van der Waals surface area contributed by atoms with Crippen molar-refractivity contribution in [3.8, 4) is 0 Å². The third kappa shape index (κ3) is 5.39. The van der Waals surface area contributed by atoms with Crippen LogP contribution < -0.4 is 5.32 Å². The van der Waals surface area contributed by atoms with E-state index in [-0.39, 0.29) is 6.09 Å². The van der Waals surface area contributed by atoms with E-state index in [0.717, 1.165) is 6.42 Å². The second kappa shape index (κ2) is 5.54. The molecule has 1 N–H and O–H groups in total. The van der Waals surface area contributed by atoms with Crippen LogP contribution in [0.2, 0.25) is 0 Å². The molecular formula is C13H19NO2. The van der Waals surface area contributed by atoms with Crippen molar-refractivity contribution in [2.24, 2.45) is 0 Å². The zero-order valence-corrected chi connectivity index (χ0v) is 10.1. The lowest BCUT2D eigenvalue weighted by molar-refractivity contribution is 0.0528. The largest absolute Gasteiger partial charge is 0.444 e. The average Bonchev–Trinajstić information content (AvgIpc) is 2.16. The van der Waals surface area contributed by atoms with Gasteiger partial charge in [0.15, 0.2) is 0 Å². The van der Waals surface area contributed by atoms with Gasteiger partial charge >= 0.3 is 6.09 Å². The maximum atomic E-state index is 11.3. The first-order valence-electron chi connectivity index (χ1n) is 5.48. The van der Waals surface area contributed by atoms with E-state index in [2.05, 4.69) is 5.32 Å². The SMILES string of the molecule is CC(C)(C)OC(=O)NCCc1ccccc1. The molecule has 0 spiro atoms. The van der Waals surface area contributed by atoms with Gasteiger partial charge in [0.2, 0.25) is 0 Å². The molecule has 1 aromatic carbocycles. The standard InChI is InChI=1S/C13H19NO2/c1-13(2,3)16-12(15)14-10-9-11-7-5-4-6-8-11/h4-8H,9-10H2,1-3H3,(H,14,15). The van der Waals surface area contributed by atoms with Gasteiger partial charge in [-0.15, -0.1) is 0 Å². The van der Waals surface area contributed by atoms with Crippen molar-refractivity contribution in [2.45, 2.75) is 32.8 Å². The number of alkyl carbamates (subject to hydrolysis) is 1. The van der Waals surface area contributed by atoms with Gasteiger partial charge < -0.3 is 10.1 Å². The maximum Gasteiger partial charge on any atom is 0.407 e. The fourth-order valence-electron chi connectivity index (χ4n) is 1.27. The number of nitrogens with one attached hydrogen (secondary N) is 1. The zero-order valence-electron chi connectivity index (χ0n) is 10.1. The first kappa shape index (κ1) is 12.6. The minimum Gasteiger partial charge on any atom is -0.444 e. The Hall–Kier alpha value is -1.51. The van der Waals surface area contributed by atoms with Gasteiger partial charge in [-0.05, 0) is 32.8 Å². The predicted molar refractivity (Wildman–Crippen MR) is 64.4 cm³/mol. The first-order chi connectivity index (χ1) is 7.47. The Morgan fingerprint density at radius 3 is 2.44 bits per heavy atom. The van der Waals surface area contributed by atoms with Crippen LogP contribution in [-0.2, 0) is 11.2 Å². The van der Waals surface area contributed by atoms with Gasteiger partial charge in [0.05, 0.1) is 0 Å². The van der Waals surface area contributed by atoms with Gasteiger partial charge in [-0.1, -0.05) is 30.3 Å². The molecule has 0 fully saturated rings. The highest BCUT2D eigenvalue weighted by Gasteiger charge is 2.15. The van der Waals surface area contributed by atoms with Gasteiger partial charge in [-0.3, -0.25) is 0 Å². The molecule has 3 nitrogen and oxygen atoms in total. The monoisotopic (exact) mass is 221 g/mol. The molecule has 0 unspecified atom stereocenters. The number of hydrogen-bond acceptors (Lipinski definition) is 2. The highest BCUT2D eigenvalue weighted by atomic mass is 16.6. The van der Waals surface area contributed by atoms with Crippen molar-refractivity contribution in [3.63, 3.8) is 0 Å². The second-order valence-corrected chi connectivity index (χ2v) is 4.66. The average molecular weight is 221 g/mol. The molecule has 0 bridgehead atoms. The molecule has 16 heavy (non-hydrogen) atoms. The Balaban J connectivity index is 2.24. The van der Waals surface area contributed by atoms with Gasteiger partial charge in [0.25, 0.3) is 0 Å². The highest BCUT2D eigenvalue weighted by Crippen LogP contribution is 2.06. The Morgan fingerprint density at radius 2 is 1.88 bits per heavy atom. The molecule has 1 amide bonds. The molecule has 0 saturated carbocycles. The van der Waals surface area contributed by atoms with Crippen LogP contribution in [0.5, 0.6) is 0 Å². The van der Waals surface area contributed by atoms with Crippen molar-refractivity contribution < 1.29 is 9.53 Å². The van der Waals surface area contributed by atoms with E-state index in [1.165, 1.54) is 5.56 Å². The molecule has 1 rings (SSSR count). The number of amides is 1. The van der Waals surface area contributed by atoms with Crippen molar-refractivity contribution >= 4 is 6.09 Å². The molecule has 0 saturated heterocycles. The molecule has 0 heterocycles. The molecular weight excluding hydrogens is 202 g/mol. The Morgan fingerprint density at radius 1 is 1.25 bits per heavy atom. The van der Waals surface area contributed by atoms with Crippen molar-refractivity contribution in [1.82, 2.24) is 5.32 Å². The fourth-order valence-corrected chi connectivity index (χ4v) is 1.27.